The molecule has 10 heteroatoms. The van der Waals surface area contributed by atoms with Crippen LogP contribution in [0, 0.1) is 11.8 Å². The number of nitrogens with two attached hydrogens (primary N) is 2. The molecule has 2 atom stereocenters. The van der Waals surface area contributed by atoms with Crippen molar-refractivity contribution in [2.75, 3.05) is 13.2 Å². The van der Waals surface area contributed by atoms with E-state index in [9.17, 15) is 19.2 Å². The lowest BCUT2D eigenvalue weighted by atomic mass is 10.1. The van der Waals surface area contributed by atoms with Crippen LogP contribution in [0.2, 0.25) is 0 Å². The first-order valence-corrected chi connectivity index (χ1v) is 9.18. The van der Waals surface area contributed by atoms with Crippen molar-refractivity contribution in [1.82, 2.24) is 0 Å². The maximum Gasteiger partial charge on any atom is 0.323 e. The summed E-state index contributed by atoms with van der Waals surface area (Å²) in [6, 6.07) is -1.25. The molecule has 0 heterocycles. The Bertz CT molecular complexity index is 450. The molecular weight excluding hydrogens is 372 g/mol. The van der Waals surface area contributed by atoms with E-state index < -0.39 is 36.0 Å². The molecule has 0 aromatic heterocycles. The number of hydrogen-bond donors (Lipinski definition) is 4. The zero-order valence-electron chi connectivity index (χ0n) is 17.1. The number of rotatable bonds is 12. The molecule has 0 aromatic carbocycles. The van der Waals surface area contributed by atoms with Gasteiger partial charge in [-0.1, -0.05) is 27.7 Å². The Morgan fingerprint density at radius 1 is 0.714 bits per heavy atom. The van der Waals surface area contributed by atoms with Gasteiger partial charge in [-0.15, -0.1) is 0 Å². The van der Waals surface area contributed by atoms with Crippen LogP contribution in [-0.4, -0.2) is 59.4 Å². The van der Waals surface area contributed by atoms with Crippen LogP contribution >= 0.6 is 0 Å². The molecule has 0 radical (unpaired) electrons. The predicted molar refractivity (Wildman–Crippen MR) is 101 cm³/mol. The molecule has 0 rings (SSSR count). The van der Waals surface area contributed by atoms with Crippen molar-refractivity contribution in [3.8, 4) is 0 Å². The van der Waals surface area contributed by atoms with Gasteiger partial charge in [0.25, 0.3) is 0 Å². The van der Waals surface area contributed by atoms with Gasteiger partial charge in [0.1, 0.15) is 12.1 Å². The molecule has 0 fully saturated rings. The van der Waals surface area contributed by atoms with Gasteiger partial charge in [-0.3, -0.25) is 19.2 Å². The summed E-state index contributed by atoms with van der Waals surface area (Å²) >= 11 is 0. The van der Waals surface area contributed by atoms with Crippen molar-refractivity contribution in [3.05, 3.63) is 0 Å². The highest BCUT2D eigenvalue weighted by molar-refractivity contribution is 5.76. The maximum atomic E-state index is 11.1. The van der Waals surface area contributed by atoms with Crippen LogP contribution < -0.4 is 11.5 Å². The van der Waals surface area contributed by atoms with Gasteiger partial charge in [0.05, 0.1) is 13.2 Å². The number of carbonyl (C=O) groups is 4. The summed E-state index contributed by atoms with van der Waals surface area (Å²) in [5.74, 6) is -2.66. The van der Waals surface area contributed by atoms with Crippen LogP contribution in [0.15, 0.2) is 0 Å². The van der Waals surface area contributed by atoms with E-state index in [1.807, 2.05) is 27.7 Å². The summed E-state index contributed by atoms with van der Waals surface area (Å²) in [5.41, 5.74) is 11.0. The van der Waals surface area contributed by atoms with Crippen LogP contribution in [-0.2, 0) is 28.7 Å². The van der Waals surface area contributed by atoms with E-state index in [4.69, 9.17) is 31.2 Å². The van der Waals surface area contributed by atoms with Gasteiger partial charge in [-0.2, -0.15) is 0 Å². The largest absolute Gasteiger partial charge is 0.481 e. The molecular formula is C18H34N2O8. The van der Waals surface area contributed by atoms with Crippen LogP contribution in [0.4, 0.5) is 0 Å². The number of carboxylic acid groups (broad SMARTS) is 2. The Kier molecular flexibility index (Phi) is 15.8. The molecule has 0 saturated carbocycles. The first-order chi connectivity index (χ1) is 12.9. The van der Waals surface area contributed by atoms with Crippen LogP contribution in [0.25, 0.3) is 0 Å². The molecule has 0 spiro atoms. The van der Waals surface area contributed by atoms with Gasteiger partial charge in [-0.25, -0.2) is 0 Å². The van der Waals surface area contributed by atoms with Crippen molar-refractivity contribution in [1.29, 1.82) is 0 Å². The predicted octanol–water partition coefficient (Wildman–Crippen LogP) is 0.755. The minimum absolute atomic E-state index is 0.00416. The fraction of sp³-hybridized carbons (Fsp3) is 0.778. The van der Waals surface area contributed by atoms with E-state index in [-0.39, 0.29) is 37.9 Å². The topological polar surface area (TPSA) is 179 Å². The lowest BCUT2D eigenvalue weighted by molar-refractivity contribution is -0.148. The zero-order chi connectivity index (χ0) is 22.3. The lowest BCUT2D eigenvalue weighted by Crippen LogP contribution is -2.37. The zero-order valence-corrected chi connectivity index (χ0v) is 17.1. The highest BCUT2D eigenvalue weighted by Gasteiger charge is 2.19. The normalized spacial score (nSPS) is 12.6. The molecule has 0 amide bonds. The molecule has 0 aliphatic rings. The van der Waals surface area contributed by atoms with Crippen molar-refractivity contribution in [2.45, 2.75) is 65.5 Å². The number of aliphatic carboxylic acids is 2. The molecule has 0 bridgehead atoms. The average molecular weight is 406 g/mol. The van der Waals surface area contributed by atoms with E-state index in [1.165, 1.54) is 0 Å². The summed E-state index contributed by atoms with van der Waals surface area (Å²) < 4.78 is 9.58. The second-order valence-electron chi connectivity index (χ2n) is 6.87. The fourth-order valence-corrected chi connectivity index (χ4v) is 1.53. The number of carboxylic acids is 2. The number of hydrogen-bond acceptors (Lipinski definition) is 8. The first kappa shape index (κ1) is 28.0. The summed E-state index contributed by atoms with van der Waals surface area (Å²) in [5, 5.41) is 16.6. The SMILES string of the molecule is CC(C)C(N)C(=O)OCCCC(=O)O.CC(C)C(N)C(=O)OCCCC(=O)O. The van der Waals surface area contributed by atoms with E-state index in [0.717, 1.165) is 0 Å². The number of carbonyl (C=O) groups excluding carboxylic acids is 2. The van der Waals surface area contributed by atoms with Crippen molar-refractivity contribution < 1.29 is 38.9 Å². The quantitative estimate of drug-likeness (QED) is 0.267. The van der Waals surface area contributed by atoms with E-state index in [0.29, 0.717) is 12.8 Å². The summed E-state index contributed by atoms with van der Waals surface area (Å²) in [4.78, 5) is 42.5. The van der Waals surface area contributed by atoms with Crippen LogP contribution in [0.1, 0.15) is 53.4 Å². The van der Waals surface area contributed by atoms with E-state index in [2.05, 4.69) is 0 Å². The van der Waals surface area contributed by atoms with Gasteiger partial charge < -0.3 is 31.2 Å². The molecule has 0 aliphatic carbocycles. The summed E-state index contributed by atoms with van der Waals surface area (Å²) in [7, 11) is 0. The van der Waals surface area contributed by atoms with Gasteiger partial charge >= 0.3 is 23.9 Å². The monoisotopic (exact) mass is 406 g/mol. The standard InChI is InChI=1S/2C9H17NO4/c2*1-6(2)8(10)9(13)14-5-3-4-7(11)12/h2*6,8H,3-5,10H2,1-2H3,(H,11,12). The van der Waals surface area contributed by atoms with Crippen LogP contribution in [0.3, 0.4) is 0 Å². The number of ether oxygens (including phenoxy) is 2. The van der Waals surface area contributed by atoms with Crippen molar-refractivity contribution in [2.24, 2.45) is 23.3 Å². The van der Waals surface area contributed by atoms with Crippen LogP contribution in [0.5, 0.6) is 0 Å². The maximum absolute atomic E-state index is 11.1. The molecule has 0 aliphatic heterocycles. The summed E-state index contributed by atoms with van der Waals surface area (Å²) in [6.45, 7) is 7.52. The Balaban J connectivity index is 0. The average Bonchev–Trinajstić information content (AvgIpc) is 2.60. The lowest BCUT2D eigenvalue weighted by Gasteiger charge is -2.13. The van der Waals surface area contributed by atoms with Gasteiger partial charge in [-0.05, 0) is 24.7 Å². The Hall–Kier alpha value is -2.20. The highest BCUT2D eigenvalue weighted by Crippen LogP contribution is 2.02. The third-order valence-electron chi connectivity index (χ3n) is 3.54. The van der Waals surface area contributed by atoms with Crippen molar-refractivity contribution >= 4 is 23.9 Å². The van der Waals surface area contributed by atoms with Gasteiger partial charge in [0, 0.05) is 12.8 Å². The first-order valence-electron chi connectivity index (χ1n) is 9.18. The Labute approximate surface area is 165 Å². The summed E-state index contributed by atoms with van der Waals surface area (Å²) in [6.07, 6.45) is 0.659. The third kappa shape index (κ3) is 16.0. The minimum atomic E-state index is -0.894. The van der Waals surface area contributed by atoms with Gasteiger partial charge in [0.2, 0.25) is 0 Å². The molecule has 0 saturated heterocycles. The molecule has 10 nitrogen and oxygen atoms in total. The van der Waals surface area contributed by atoms with E-state index >= 15 is 0 Å². The minimum Gasteiger partial charge on any atom is -0.481 e. The third-order valence-corrected chi connectivity index (χ3v) is 3.54. The molecule has 164 valence electrons. The molecule has 28 heavy (non-hydrogen) atoms. The Morgan fingerprint density at radius 2 is 1.00 bits per heavy atom. The number of esters is 2. The van der Waals surface area contributed by atoms with Gasteiger partial charge in [0.15, 0.2) is 0 Å². The smallest absolute Gasteiger partial charge is 0.323 e. The second-order valence-corrected chi connectivity index (χ2v) is 6.87. The van der Waals surface area contributed by atoms with Crippen molar-refractivity contribution in [3.63, 3.8) is 0 Å². The molecule has 6 N–H and O–H groups in total. The second kappa shape index (κ2) is 15.8. The molecule has 0 aromatic rings. The fourth-order valence-electron chi connectivity index (χ4n) is 1.53. The van der Waals surface area contributed by atoms with E-state index in [1.54, 1.807) is 0 Å². The highest BCUT2D eigenvalue weighted by atomic mass is 16.5. The molecule has 2 unspecified atom stereocenters. The Morgan fingerprint density at radius 3 is 1.21 bits per heavy atom.